The summed E-state index contributed by atoms with van der Waals surface area (Å²) < 4.78 is 46.6. The van der Waals surface area contributed by atoms with Gasteiger partial charge in [-0.25, -0.2) is 18.0 Å². The van der Waals surface area contributed by atoms with Gasteiger partial charge in [0.15, 0.2) is 17.7 Å². The minimum atomic E-state index is -1.36. The highest BCUT2D eigenvalue weighted by atomic mass is 19.2. The van der Waals surface area contributed by atoms with Crippen molar-refractivity contribution in [1.82, 2.24) is 10.3 Å². The van der Waals surface area contributed by atoms with Gasteiger partial charge in [-0.15, -0.1) is 0 Å². The van der Waals surface area contributed by atoms with Gasteiger partial charge in [-0.3, -0.25) is 4.98 Å². The molecule has 0 bridgehead atoms. The van der Waals surface area contributed by atoms with Crippen LogP contribution in [-0.4, -0.2) is 11.1 Å². The molecule has 2 heterocycles. The molecule has 144 valence electrons. The highest BCUT2D eigenvalue weighted by Crippen LogP contribution is 2.38. The van der Waals surface area contributed by atoms with E-state index in [1.165, 1.54) is 12.4 Å². The lowest BCUT2D eigenvalue weighted by molar-refractivity contribution is 0.129. The zero-order valence-corrected chi connectivity index (χ0v) is 14.8. The number of carbonyl (C=O) groups is 1. The van der Waals surface area contributed by atoms with Crippen LogP contribution in [0.15, 0.2) is 60.9 Å². The second kappa shape index (κ2) is 7.68. The van der Waals surface area contributed by atoms with Crippen molar-refractivity contribution in [3.63, 3.8) is 0 Å². The van der Waals surface area contributed by atoms with Gasteiger partial charge in [0.1, 0.15) is 11.9 Å². The molecule has 2 aromatic carbocycles. The molecule has 1 saturated heterocycles. The minimum Gasteiger partial charge on any atom is -0.439 e. The third-order valence-electron chi connectivity index (χ3n) is 4.38. The first-order valence-corrected chi connectivity index (χ1v) is 8.65. The van der Waals surface area contributed by atoms with Crippen molar-refractivity contribution in [2.45, 2.75) is 12.1 Å². The number of carbonyl (C=O) groups excluding carboxylic acids is 1. The quantitative estimate of drug-likeness (QED) is 0.517. The standard InChI is InChI=1S/C22H13F3N2O2/c23-16-9-17(19(25)18(24)10-16)21-20(27-22(28)29-21)15-8-14(11-26-12-15)7-6-13-4-2-1-3-5-13/h1-5,8-12,20-21H,(H,27,28)/t20-,21-/m1/s1. The van der Waals surface area contributed by atoms with Crippen LogP contribution in [0.1, 0.15) is 34.4 Å². The highest BCUT2D eigenvalue weighted by molar-refractivity contribution is 5.71. The van der Waals surface area contributed by atoms with E-state index in [0.717, 1.165) is 11.6 Å². The number of rotatable bonds is 2. The van der Waals surface area contributed by atoms with Gasteiger partial charge < -0.3 is 10.1 Å². The van der Waals surface area contributed by atoms with Crippen LogP contribution in [-0.2, 0) is 4.74 Å². The summed E-state index contributed by atoms with van der Waals surface area (Å²) in [5.74, 6) is 2.34. The molecule has 1 aromatic heterocycles. The normalized spacial score (nSPS) is 17.8. The predicted molar refractivity (Wildman–Crippen MR) is 98.1 cm³/mol. The molecule has 1 fully saturated rings. The maximum Gasteiger partial charge on any atom is 0.408 e. The van der Waals surface area contributed by atoms with Crippen LogP contribution in [0.3, 0.4) is 0 Å². The summed E-state index contributed by atoms with van der Waals surface area (Å²) in [6.45, 7) is 0. The molecule has 1 aliphatic heterocycles. The molecule has 29 heavy (non-hydrogen) atoms. The molecule has 0 aliphatic carbocycles. The summed E-state index contributed by atoms with van der Waals surface area (Å²) in [5, 5.41) is 2.52. The second-order valence-electron chi connectivity index (χ2n) is 6.36. The minimum absolute atomic E-state index is 0.397. The number of benzene rings is 2. The summed E-state index contributed by atoms with van der Waals surface area (Å²) in [6.07, 6.45) is 0.902. The fourth-order valence-corrected chi connectivity index (χ4v) is 3.07. The highest BCUT2D eigenvalue weighted by Gasteiger charge is 2.39. The average molecular weight is 394 g/mol. The Morgan fingerprint density at radius 2 is 1.72 bits per heavy atom. The van der Waals surface area contributed by atoms with Crippen molar-refractivity contribution >= 4 is 6.09 Å². The molecule has 2 atom stereocenters. The number of nitrogens with zero attached hydrogens (tertiary/aromatic N) is 1. The van der Waals surface area contributed by atoms with Crippen LogP contribution in [0.2, 0.25) is 0 Å². The molecule has 0 radical (unpaired) electrons. The summed E-state index contributed by atoms with van der Waals surface area (Å²) in [5.41, 5.74) is 1.43. The predicted octanol–water partition coefficient (Wildman–Crippen LogP) is 4.42. The molecule has 4 rings (SSSR count). The maximum absolute atomic E-state index is 14.2. The van der Waals surface area contributed by atoms with E-state index in [1.54, 1.807) is 6.07 Å². The lowest BCUT2D eigenvalue weighted by atomic mass is 9.96. The molecule has 4 nitrogen and oxygen atoms in total. The van der Waals surface area contributed by atoms with Gasteiger partial charge in [-0.05, 0) is 29.8 Å². The van der Waals surface area contributed by atoms with Crippen molar-refractivity contribution in [2.75, 3.05) is 0 Å². The van der Waals surface area contributed by atoms with E-state index in [9.17, 15) is 18.0 Å². The molecule has 1 aliphatic rings. The molecule has 3 aromatic rings. The van der Waals surface area contributed by atoms with Gasteiger partial charge in [0.05, 0.1) is 0 Å². The lowest BCUT2D eigenvalue weighted by Crippen LogP contribution is -2.20. The molecular formula is C22H13F3N2O2. The summed E-state index contributed by atoms with van der Waals surface area (Å²) in [4.78, 5) is 15.9. The Bertz CT molecular complexity index is 1140. The van der Waals surface area contributed by atoms with Gasteiger partial charge in [0, 0.05) is 35.2 Å². The van der Waals surface area contributed by atoms with Gasteiger partial charge in [-0.1, -0.05) is 30.0 Å². The fraction of sp³-hybridized carbons (Fsp3) is 0.0909. The summed E-state index contributed by atoms with van der Waals surface area (Å²) >= 11 is 0. The van der Waals surface area contributed by atoms with Crippen LogP contribution in [0.5, 0.6) is 0 Å². The van der Waals surface area contributed by atoms with Crippen LogP contribution in [0.4, 0.5) is 18.0 Å². The second-order valence-corrected chi connectivity index (χ2v) is 6.36. The van der Waals surface area contributed by atoms with E-state index >= 15 is 0 Å². The van der Waals surface area contributed by atoms with Gasteiger partial charge in [0.25, 0.3) is 0 Å². The number of hydrogen-bond acceptors (Lipinski definition) is 3. The molecular weight excluding hydrogens is 381 g/mol. The first-order chi connectivity index (χ1) is 14.0. The van der Waals surface area contributed by atoms with Crippen molar-refractivity contribution in [2.24, 2.45) is 0 Å². The first kappa shape index (κ1) is 18.6. The number of amides is 1. The van der Waals surface area contributed by atoms with Crippen LogP contribution in [0, 0.1) is 29.3 Å². The Hall–Kier alpha value is -3.79. The van der Waals surface area contributed by atoms with E-state index in [2.05, 4.69) is 22.1 Å². The van der Waals surface area contributed by atoms with E-state index in [1.807, 2.05) is 30.3 Å². The molecule has 1 amide bonds. The van der Waals surface area contributed by atoms with Crippen LogP contribution >= 0.6 is 0 Å². The number of alkyl carbamates (subject to hydrolysis) is 1. The molecule has 0 saturated carbocycles. The SMILES string of the molecule is O=C1N[C@H](c2cncc(C#Cc3ccccc3)c2)[C@@H](c2cc(F)cc(F)c2F)O1. The number of hydrogen-bond donors (Lipinski definition) is 1. The Balaban J connectivity index is 1.69. The summed E-state index contributed by atoms with van der Waals surface area (Å²) in [6, 6.07) is 11.3. The van der Waals surface area contributed by atoms with Crippen molar-refractivity contribution in [1.29, 1.82) is 0 Å². The Labute approximate surface area is 164 Å². The molecule has 7 heteroatoms. The number of nitrogens with one attached hydrogen (secondary N) is 1. The van der Waals surface area contributed by atoms with E-state index in [-0.39, 0.29) is 0 Å². The largest absolute Gasteiger partial charge is 0.439 e. The van der Waals surface area contributed by atoms with Crippen LogP contribution < -0.4 is 5.32 Å². The monoisotopic (exact) mass is 394 g/mol. The molecule has 0 unspecified atom stereocenters. The lowest BCUT2D eigenvalue weighted by Gasteiger charge is -2.18. The maximum atomic E-state index is 14.2. The van der Waals surface area contributed by atoms with Crippen molar-refractivity contribution < 1.29 is 22.7 Å². The van der Waals surface area contributed by atoms with Gasteiger partial charge >= 0.3 is 6.09 Å². The Morgan fingerprint density at radius 1 is 0.966 bits per heavy atom. The number of cyclic esters (lactones) is 1. The fourth-order valence-electron chi connectivity index (χ4n) is 3.07. The number of aromatic nitrogens is 1. The summed E-state index contributed by atoms with van der Waals surface area (Å²) in [7, 11) is 0. The van der Waals surface area contributed by atoms with Gasteiger partial charge in [-0.2, -0.15) is 0 Å². The number of pyridine rings is 1. The van der Waals surface area contributed by atoms with E-state index in [4.69, 9.17) is 4.74 Å². The van der Waals surface area contributed by atoms with Crippen molar-refractivity contribution in [3.05, 3.63) is 101 Å². The zero-order valence-electron chi connectivity index (χ0n) is 14.8. The smallest absolute Gasteiger partial charge is 0.408 e. The first-order valence-electron chi connectivity index (χ1n) is 8.65. The Kier molecular flexibility index (Phi) is 4.92. The average Bonchev–Trinajstić information content (AvgIpc) is 3.11. The van der Waals surface area contributed by atoms with Gasteiger partial charge in [0.2, 0.25) is 0 Å². The molecule has 0 spiro atoms. The topological polar surface area (TPSA) is 51.2 Å². The van der Waals surface area contributed by atoms with E-state index in [0.29, 0.717) is 17.2 Å². The third-order valence-corrected chi connectivity index (χ3v) is 4.38. The zero-order chi connectivity index (χ0) is 20.4. The van der Waals surface area contributed by atoms with E-state index < -0.39 is 41.3 Å². The van der Waals surface area contributed by atoms with Crippen LogP contribution in [0.25, 0.3) is 0 Å². The van der Waals surface area contributed by atoms with Crippen molar-refractivity contribution in [3.8, 4) is 11.8 Å². The number of ether oxygens (including phenoxy) is 1. The Morgan fingerprint density at radius 3 is 2.52 bits per heavy atom. The third kappa shape index (κ3) is 3.92. The number of halogens is 3. The molecule has 1 N–H and O–H groups in total.